The topological polar surface area (TPSA) is 80.0 Å². The predicted molar refractivity (Wildman–Crippen MR) is 85.7 cm³/mol. The number of hydrogen-bond acceptors (Lipinski definition) is 5. The van der Waals surface area contributed by atoms with Crippen LogP contribution < -0.4 is 16.4 Å². The molecule has 1 saturated carbocycles. The second-order valence-electron chi connectivity index (χ2n) is 5.15. The van der Waals surface area contributed by atoms with Gasteiger partial charge >= 0.3 is 0 Å². The SMILES string of the molecule is CNC(=O)c1sc(NCc2ccncc2)c(C2CC2)c1N. The lowest BCUT2D eigenvalue weighted by Gasteiger charge is -2.07. The minimum Gasteiger partial charge on any atom is -0.397 e. The fourth-order valence-corrected chi connectivity index (χ4v) is 3.48. The first-order valence-electron chi connectivity index (χ1n) is 6.97. The van der Waals surface area contributed by atoms with Gasteiger partial charge in [-0.15, -0.1) is 11.3 Å². The van der Waals surface area contributed by atoms with Crippen LogP contribution in [0.3, 0.4) is 0 Å². The van der Waals surface area contributed by atoms with Crippen molar-refractivity contribution in [3.8, 4) is 0 Å². The van der Waals surface area contributed by atoms with Gasteiger partial charge in [-0.2, -0.15) is 0 Å². The fourth-order valence-electron chi connectivity index (χ4n) is 2.33. The number of rotatable bonds is 5. The van der Waals surface area contributed by atoms with E-state index in [2.05, 4.69) is 15.6 Å². The molecule has 1 amide bonds. The number of carbonyl (C=O) groups excluding carboxylic acids is 1. The first-order chi connectivity index (χ1) is 10.2. The van der Waals surface area contributed by atoms with Crippen LogP contribution in [-0.2, 0) is 6.54 Å². The molecule has 5 nitrogen and oxygen atoms in total. The van der Waals surface area contributed by atoms with E-state index in [0.29, 0.717) is 23.0 Å². The highest BCUT2D eigenvalue weighted by molar-refractivity contribution is 7.18. The molecule has 4 N–H and O–H groups in total. The number of hydrogen-bond donors (Lipinski definition) is 3. The molecule has 6 heteroatoms. The number of amides is 1. The Morgan fingerprint density at radius 1 is 1.43 bits per heavy atom. The molecule has 2 aromatic rings. The van der Waals surface area contributed by atoms with Crippen LogP contribution in [0.1, 0.15) is 39.6 Å². The van der Waals surface area contributed by atoms with E-state index in [-0.39, 0.29) is 5.91 Å². The molecule has 0 bridgehead atoms. The van der Waals surface area contributed by atoms with E-state index in [9.17, 15) is 4.79 Å². The zero-order valence-corrected chi connectivity index (χ0v) is 12.7. The molecule has 0 atom stereocenters. The molecule has 21 heavy (non-hydrogen) atoms. The van der Waals surface area contributed by atoms with E-state index in [1.54, 1.807) is 19.4 Å². The Hall–Kier alpha value is -2.08. The number of nitrogens with two attached hydrogens (primary N) is 1. The summed E-state index contributed by atoms with van der Waals surface area (Å²) in [5.74, 6) is 0.385. The van der Waals surface area contributed by atoms with Crippen molar-refractivity contribution >= 4 is 27.9 Å². The predicted octanol–water partition coefficient (Wildman–Crippen LogP) is 2.57. The second kappa shape index (κ2) is 5.73. The van der Waals surface area contributed by atoms with Crippen molar-refractivity contribution in [1.82, 2.24) is 10.3 Å². The highest BCUT2D eigenvalue weighted by atomic mass is 32.1. The number of aromatic nitrogens is 1. The Morgan fingerprint density at radius 3 is 2.76 bits per heavy atom. The van der Waals surface area contributed by atoms with E-state index in [0.717, 1.165) is 29.0 Å². The summed E-state index contributed by atoms with van der Waals surface area (Å²) in [5.41, 5.74) is 9.10. The zero-order chi connectivity index (χ0) is 14.8. The van der Waals surface area contributed by atoms with Gasteiger partial charge in [0, 0.05) is 31.5 Å². The normalized spacial score (nSPS) is 14.0. The van der Waals surface area contributed by atoms with Gasteiger partial charge < -0.3 is 16.4 Å². The van der Waals surface area contributed by atoms with Crippen LogP contribution in [0.15, 0.2) is 24.5 Å². The third-order valence-corrected chi connectivity index (χ3v) is 4.78. The Labute approximate surface area is 127 Å². The molecule has 0 unspecified atom stereocenters. The number of anilines is 2. The molecule has 110 valence electrons. The highest BCUT2D eigenvalue weighted by Gasteiger charge is 2.32. The number of thiophene rings is 1. The molecule has 0 aromatic carbocycles. The van der Waals surface area contributed by atoms with E-state index >= 15 is 0 Å². The van der Waals surface area contributed by atoms with Crippen LogP contribution in [0.5, 0.6) is 0 Å². The lowest BCUT2D eigenvalue weighted by Crippen LogP contribution is -2.17. The van der Waals surface area contributed by atoms with Crippen molar-refractivity contribution < 1.29 is 4.79 Å². The molecule has 2 aromatic heterocycles. The Morgan fingerprint density at radius 2 is 2.14 bits per heavy atom. The van der Waals surface area contributed by atoms with Gasteiger partial charge in [0.1, 0.15) is 4.88 Å². The third-order valence-electron chi connectivity index (χ3n) is 3.60. The lowest BCUT2D eigenvalue weighted by molar-refractivity contribution is 0.0968. The van der Waals surface area contributed by atoms with Crippen molar-refractivity contribution in [1.29, 1.82) is 0 Å². The number of nitrogen functional groups attached to an aromatic ring is 1. The molecule has 0 aliphatic heterocycles. The van der Waals surface area contributed by atoms with Crippen LogP contribution in [0.25, 0.3) is 0 Å². The molecule has 2 heterocycles. The maximum atomic E-state index is 11.9. The van der Waals surface area contributed by atoms with Crippen LogP contribution in [0, 0.1) is 0 Å². The summed E-state index contributed by atoms with van der Waals surface area (Å²) < 4.78 is 0. The summed E-state index contributed by atoms with van der Waals surface area (Å²) in [4.78, 5) is 16.5. The van der Waals surface area contributed by atoms with Gasteiger partial charge in [0.05, 0.1) is 10.7 Å². The van der Waals surface area contributed by atoms with Crippen LogP contribution in [-0.4, -0.2) is 17.9 Å². The number of pyridine rings is 1. The van der Waals surface area contributed by atoms with Gasteiger partial charge in [-0.25, -0.2) is 0 Å². The van der Waals surface area contributed by atoms with Crippen molar-refractivity contribution in [3.63, 3.8) is 0 Å². The van der Waals surface area contributed by atoms with E-state index in [4.69, 9.17) is 5.73 Å². The first kappa shape index (κ1) is 13.9. The summed E-state index contributed by atoms with van der Waals surface area (Å²) in [6, 6.07) is 3.95. The molecular weight excluding hydrogens is 284 g/mol. The van der Waals surface area contributed by atoms with Gasteiger partial charge in [-0.1, -0.05) is 0 Å². The maximum Gasteiger partial charge on any atom is 0.263 e. The summed E-state index contributed by atoms with van der Waals surface area (Å²) in [5, 5.41) is 7.09. The minimum absolute atomic E-state index is 0.114. The largest absolute Gasteiger partial charge is 0.397 e. The van der Waals surface area contributed by atoms with Crippen molar-refractivity contribution in [3.05, 3.63) is 40.5 Å². The molecular formula is C15H18N4OS. The Balaban J connectivity index is 1.85. The van der Waals surface area contributed by atoms with E-state index < -0.39 is 0 Å². The van der Waals surface area contributed by atoms with Gasteiger partial charge in [0.25, 0.3) is 5.91 Å². The third kappa shape index (κ3) is 2.85. The average molecular weight is 302 g/mol. The van der Waals surface area contributed by atoms with Crippen molar-refractivity contribution in [2.24, 2.45) is 0 Å². The van der Waals surface area contributed by atoms with Crippen molar-refractivity contribution in [2.75, 3.05) is 18.1 Å². The number of nitrogens with one attached hydrogen (secondary N) is 2. The monoisotopic (exact) mass is 302 g/mol. The molecule has 1 aliphatic carbocycles. The first-order valence-corrected chi connectivity index (χ1v) is 7.79. The molecule has 0 radical (unpaired) electrons. The standard InChI is InChI=1S/C15H18N4OS/c1-17-14(20)13-12(16)11(10-2-3-10)15(21-13)19-8-9-4-6-18-7-5-9/h4-7,10,19H,2-3,8,16H2,1H3,(H,17,20). The van der Waals surface area contributed by atoms with Gasteiger partial charge in [-0.05, 0) is 36.5 Å². The van der Waals surface area contributed by atoms with Gasteiger partial charge in [0.15, 0.2) is 0 Å². The summed E-state index contributed by atoms with van der Waals surface area (Å²) in [6.07, 6.45) is 5.85. The lowest BCUT2D eigenvalue weighted by atomic mass is 10.1. The smallest absolute Gasteiger partial charge is 0.263 e. The molecule has 0 spiro atoms. The second-order valence-corrected chi connectivity index (χ2v) is 6.17. The van der Waals surface area contributed by atoms with Crippen LogP contribution >= 0.6 is 11.3 Å². The minimum atomic E-state index is -0.114. The van der Waals surface area contributed by atoms with Crippen molar-refractivity contribution in [2.45, 2.75) is 25.3 Å². The Bertz CT molecular complexity index is 649. The quantitative estimate of drug-likeness (QED) is 0.793. The molecule has 1 fully saturated rings. The number of nitrogens with zero attached hydrogens (tertiary/aromatic N) is 1. The van der Waals surface area contributed by atoms with E-state index in [1.807, 2.05) is 12.1 Å². The molecule has 1 aliphatic rings. The maximum absolute atomic E-state index is 11.9. The molecule has 3 rings (SSSR count). The highest BCUT2D eigenvalue weighted by Crippen LogP contribution is 2.50. The summed E-state index contributed by atoms with van der Waals surface area (Å²) in [7, 11) is 1.63. The molecule has 0 saturated heterocycles. The average Bonchev–Trinajstić information content (AvgIpc) is 3.29. The summed E-state index contributed by atoms with van der Waals surface area (Å²) in [6.45, 7) is 0.704. The Kier molecular flexibility index (Phi) is 3.79. The van der Waals surface area contributed by atoms with Gasteiger partial charge in [0.2, 0.25) is 0 Å². The van der Waals surface area contributed by atoms with Gasteiger partial charge in [-0.3, -0.25) is 9.78 Å². The number of carbonyl (C=O) groups is 1. The van der Waals surface area contributed by atoms with Crippen LogP contribution in [0.4, 0.5) is 10.7 Å². The van der Waals surface area contributed by atoms with E-state index in [1.165, 1.54) is 11.3 Å². The fraction of sp³-hybridized carbons (Fsp3) is 0.333. The van der Waals surface area contributed by atoms with Crippen LogP contribution in [0.2, 0.25) is 0 Å². The zero-order valence-electron chi connectivity index (χ0n) is 11.8. The summed E-state index contributed by atoms with van der Waals surface area (Å²) >= 11 is 1.44.